The zero-order valence-corrected chi connectivity index (χ0v) is 18.3. The lowest BCUT2D eigenvalue weighted by molar-refractivity contribution is 0.0980. The first-order valence-electron chi connectivity index (χ1n) is 11.3. The molecule has 0 radical (unpaired) electrons. The van der Waals surface area contributed by atoms with Gasteiger partial charge in [0.15, 0.2) is 17.3 Å². The Morgan fingerprint density at radius 2 is 1.64 bits per heavy atom. The molecule has 0 saturated carbocycles. The molecule has 0 N–H and O–H groups in total. The number of aromatic nitrogens is 4. The highest BCUT2D eigenvalue weighted by Gasteiger charge is 2.33. The van der Waals surface area contributed by atoms with E-state index in [1.807, 2.05) is 31.3 Å². The second-order valence-electron chi connectivity index (χ2n) is 8.61. The Labute approximate surface area is 190 Å². The van der Waals surface area contributed by atoms with E-state index < -0.39 is 0 Å². The number of hydrogen-bond acceptors (Lipinski definition) is 5. The molecule has 0 unspecified atom stereocenters. The minimum absolute atomic E-state index is 0.157. The Morgan fingerprint density at radius 3 is 2.39 bits per heavy atom. The van der Waals surface area contributed by atoms with Crippen molar-refractivity contribution in [2.75, 3.05) is 29.9 Å². The molecule has 1 aliphatic heterocycles. The summed E-state index contributed by atoms with van der Waals surface area (Å²) >= 11 is 0. The van der Waals surface area contributed by atoms with Crippen LogP contribution in [0.3, 0.4) is 0 Å². The standard InChI is InChI=1S/C25H23FN6O/c1-30-14-5-15-31(24-23(30)27-19-7-2-3-8-20(19)28-24)25(33)22-18-6-4-9-21(18)32(29-22)17-12-10-16(26)11-13-17/h2-3,7-8,10-13H,4-6,9,14-15H2,1H3. The van der Waals surface area contributed by atoms with Crippen molar-refractivity contribution in [3.05, 3.63) is 71.3 Å². The Morgan fingerprint density at radius 1 is 0.909 bits per heavy atom. The zero-order valence-electron chi connectivity index (χ0n) is 18.3. The first-order chi connectivity index (χ1) is 16.1. The third kappa shape index (κ3) is 3.25. The van der Waals surface area contributed by atoms with E-state index in [0.29, 0.717) is 23.9 Å². The lowest BCUT2D eigenvalue weighted by Gasteiger charge is -2.22. The van der Waals surface area contributed by atoms with Gasteiger partial charge in [-0.2, -0.15) is 5.10 Å². The molecule has 2 aliphatic rings. The maximum Gasteiger partial charge on any atom is 0.280 e. The molecule has 2 aromatic carbocycles. The molecule has 0 fully saturated rings. The number of nitrogens with zero attached hydrogens (tertiary/aromatic N) is 6. The molecule has 1 aliphatic carbocycles. The minimum Gasteiger partial charge on any atom is -0.357 e. The summed E-state index contributed by atoms with van der Waals surface area (Å²) in [5.74, 6) is 0.820. The zero-order chi connectivity index (χ0) is 22.5. The fourth-order valence-corrected chi connectivity index (χ4v) is 4.83. The maximum atomic E-state index is 13.9. The van der Waals surface area contributed by atoms with Crippen LogP contribution < -0.4 is 9.80 Å². The summed E-state index contributed by atoms with van der Waals surface area (Å²) in [4.78, 5) is 27.4. The molecule has 1 amide bonds. The number of halogens is 1. The van der Waals surface area contributed by atoms with E-state index in [4.69, 9.17) is 15.1 Å². The van der Waals surface area contributed by atoms with Crippen molar-refractivity contribution < 1.29 is 9.18 Å². The van der Waals surface area contributed by atoms with Crippen LogP contribution in [0.1, 0.15) is 34.6 Å². The average Bonchev–Trinajstić information content (AvgIpc) is 3.40. The number of amides is 1. The molecular formula is C25H23FN6O. The van der Waals surface area contributed by atoms with Crippen LogP contribution in [0.4, 0.5) is 16.0 Å². The Bertz CT molecular complexity index is 1380. The minimum atomic E-state index is -0.296. The van der Waals surface area contributed by atoms with Gasteiger partial charge in [0.05, 0.1) is 16.7 Å². The van der Waals surface area contributed by atoms with Gasteiger partial charge in [0.2, 0.25) is 0 Å². The number of carbonyl (C=O) groups is 1. The number of anilines is 2. The van der Waals surface area contributed by atoms with Crippen LogP contribution in [0.2, 0.25) is 0 Å². The number of benzene rings is 2. The van der Waals surface area contributed by atoms with Crippen molar-refractivity contribution >= 4 is 28.6 Å². The van der Waals surface area contributed by atoms with Crippen molar-refractivity contribution in [1.29, 1.82) is 0 Å². The number of carbonyl (C=O) groups excluding carboxylic acids is 1. The van der Waals surface area contributed by atoms with Crippen LogP contribution >= 0.6 is 0 Å². The number of rotatable bonds is 2. The van der Waals surface area contributed by atoms with Gasteiger partial charge in [0.1, 0.15) is 5.82 Å². The van der Waals surface area contributed by atoms with Crippen LogP contribution in [0.15, 0.2) is 48.5 Å². The summed E-state index contributed by atoms with van der Waals surface area (Å²) in [7, 11) is 1.98. The quantitative estimate of drug-likeness (QED) is 0.471. The fourth-order valence-electron chi connectivity index (χ4n) is 4.83. The van der Waals surface area contributed by atoms with E-state index in [0.717, 1.165) is 60.2 Å². The molecule has 33 heavy (non-hydrogen) atoms. The Kier molecular flexibility index (Phi) is 4.60. The topological polar surface area (TPSA) is 67.2 Å². The molecular weight excluding hydrogens is 419 g/mol. The second-order valence-corrected chi connectivity index (χ2v) is 8.61. The smallest absolute Gasteiger partial charge is 0.280 e. The summed E-state index contributed by atoms with van der Waals surface area (Å²) in [5.41, 5.74) is 4.79. The monoisotopic (exact) mass is 442 g/mol. The molecule has 0 saturated heterocycles. The highest BCUT2D eigenvalue weighted by molar-refractivity contribution is 6.07. The van der Waals surface area contributed by atoms with E-state index in [-0.39, 0.29) is 11.7 Å². The van der Waals surface area contributed by atoms with E-state index >= 15 is 0 Å². The molecule has 7 nitrogen and oxygen atoms in total. The van der Waals surface area contributed by atoms with Gasteiger partial charge >= 0.3 is 0 Å². The van der Waals surface area contributed by atoms with E-state index in [9.17, 15) is 9.18 Å². The van der Waals surface area contributed by atoms with Gasteiger partial charge in [-0.3, -0.25) is 9.69 Å². The second kappa shape index (κ2) is 7.65. The van der Waals surface area contributed by atoms with E-state index in [1.165, 1.54) is 12.1 Å². The molecule has 4 aromatic rings. The molecule has 0 spiro atoms. The Balaban J connectivity index is 1.47. The van der Waals surface area contributed by atoms with Crippen molar-refractivity contribution in [1.82, 2.24) is 19.7 Å². The first-order valence-corrected chi connectivity index (χ1v) is 11.3. The van der Waals surface area contributed by atoms with Crippen LogP contribution in [-0.4, -0.2) is 45.8 Å². The SMILES string of the molecule is CN1CCCN(C(=O)c2nn(-c3ccc(F)cc3)c3c2CCC3)c2nc3ccccc3nc21. The van der Waals surface area contributed by atoms with Gasteiger partial charge in [0.25, 0.3) is 5.91 Å². The molecule has 6 rings (SSSR count). The highest BCUT2D eigenvalue weighted by Crippen LogP contribution is 2.33. The number of para-hydroxylation sites is 2. The lowest BCUT2D eigenvalue weighted by Crippen LogP contribution is -2.33. The summed E-state index contributed by atoms with van der Waals surface area (Å²) in [5, 5.41) is 4.73. The van der Waals surface area contributed by atoms with Crippen molar-refractivity contribution in [2.24, 2.45) is 0 Å². The summed E-state index contributed by atoms with van der Waals surface area (Å²) < 4.78 is 15.3. The van der Waals surface area contributed by atoms with E-state index in [1.54, 1.807) is 21.7 Å². The van der Waals surface area contributed by atoms with Crippen molar-refractivity contribution in [3.63, 3.8) is 0 Å². The van der Waals surface area contributed by atoms with Gasteiger partial charge < -0.3 is 4.90 Å². The third-order valence-electron chi connectivity index (χ3n) is 6.48. The molecule has 3 heterocycles. The van der Waals surface area contributed by atoms with Crippen LogP contribution in [0.5, 0.6) is 0 Å². The summed E-state index contributed by atoms with van der Waals surface area (Å²) in [6, 6.07) is 13.9. The average molecular weight is 442 g/mol. The lowest BCUT2D eigenvalue weighted by atomic mass is 10.1. The summed E-state index contributed by atoms with van der Waals surface area (Å²) in [6.45, 7) is 1.33. The van der Waals surface area contributed by atoms with Gasteiger partial charge in [-0.1, -0.05) is 12.1 Å². The molecule has 2 aromatic heterocycles. The van der Waals surface area contributed by atoms with Gasteiger partial charge in [0, 0.05) is 31.4 Å². The highest BCUT2D eigenvalue weighted by atomic mass is 19.1. The van der Waals surface area contributed by atoms with Crippen molar-refractivity contribution in [3.8, 4) is 5.69 Å². The van der Waals surface area contributed by atoms with Gasteiger partial charge in [-0.05, 0) is 62.1 Å². The number of hydrogen-bond donors (Lipinski definition) is 0. The summed E-state index contributed by atoms with van der Waals surface area (Å²) in [6.07, 6.45) is 3.42. The van der Waals surface area contributed by atoms with Crippen LogP contribution in [0.25, 0.3) is 16.7 Å². The first kappa shape index (κ1) is 19.8. The predicted molar refractivity (Wildman–Crippen MR) is 125 cm³/mol. The predicted octanol–water partition coefficient (Wildman–Crippen LogP) is 3.93. The maximum absolute atomic E-state index is 13.9. The van der Waals surface area contributed by atoms with E-state index in [2.05, 4.69) is 4.90 Å². The number of fused-ring (bicyclic) bond motifs is 3. The third-order valence-corrected chi connectivity index (χ3v) is 6.48. The van der Waals surface area contributed by atoms with Crippen molar-refractivity contribution in [2.45, 2.75) is 25.7 Å². The van der Waals surface area contributed by atoms with Crippen LogP contribution in [-0.2, 0) is 12.8 Å². The van der Waals surface area contributed by atoms with Gasteiger partial charge in [-0.25, -0.2) is 19.0 Å². The largest absolute Gasteiger partial charge is 0.357 e. The van der Waals surface area contributed by atoms with Crippen LogP contribution in [0, 0.1) is 5.82 Å². The van der Waals surface area contributed by atoms with Gasteiger partial charge in [-0.15, -0.1) is 0 Å². The molecule has 8 heteroatoms. The molecule has 0 atom stereocenters. The molecule has 166 valence electrons. The normalized spacial score (nSPS) is 15.5. The Hall–Kier alpha value is -3.81. The fraction of sp³-hybridized carbons (Fsp3) is 0.280. The molecule has 0 bridgehead atoms.